The zero-order valence-corrected chi connectivity index (χ0v) is 24.1. The van der Waals surface area contributed by atoms with E-state index in [9.17, 15) is 19.5 Å². The molecule has 8 heteroatoms. The molecular formula is C30H36N2O4S2. The Hall–Kier alpha value is -2.29. The van der Waals surface area contributed by atoms with Crippen molar-refractivity contribution >= 4 is 56.5 Å². The summed E-state index contributed by atoms with van der Waals surface area (Å²) in [6.45, 7) is 7.75. The van der Waals surface area contributed by atoms with E-state index in [1.165, 1.54) is 35.6 Å². The Kier molecular flexibility index (Phi) is 7.20. The van der Waals surface area contributed by atoms with Gasteiger partial charge in [-0.15, -0.1) is 11.3 Å². The van der Waals surface area contributed by atoms with E-state index in [1.807, 2.05) is 31.2 Å². The molecule has 2 fully saturated rings. The molecular weight excluding hydrogens is 516 g/mol. The van der Waals surface area contributed by atoms with Gasteiger partial charge in [-0.1, -0.05) is 44.2 Å². The number of benzene rings is 1. The highest BCUT2D eigenvalue weighted by Crippen LogP contribution is 2.60. The van der Waals surface area contributed by atoms with Crippen molar-refractivity contribution < 1.29 is 19.5 Å². The van der Waals surface area contributed by atoms with Crippen LogP contribution in [0.5, 0.6) is 0 Å². The maximum absolute atomic E-state index is 13.7. The van der Waals surface area contributed by atoms with Crippen molar-refractivity contribution in [2.24, 2.45) is 22.7 Å². The summed E-state index contributed by atoms with van der Waals surface area (Å²) in [4.78, 5) is 41.7. The Morgan fingerprint density at radius 1 is 1.29 bits per heavy atom. The van der Waals surface area contributed by atoms with E-state index < -0.39 is 11.0 Å². The SMILES string of the molecule is CC[C@](O)(C(=O)CSc1nc2ccc(NC(C)=O)cc2s1)C1(C)CCC2C(CCC3=CC(=O)C=CC32C)C1. The molecule has 5 atom stereocenters. The molecule has 6 nitrogen and oxygen atoms in total. The van der Waals surface area contributed by atoms with Crippen LogP contribution in [0, 0.1) is 22.7 Å². The molecule has 3 aliphatic rings. The lowest BCUT2D eigenvalue weighted by Gasteiger charge is -2.56. The summed E-state index contributed by atoms with van der Waals surface area (Å²) in [5, 5.41) is 14.7. The molecule has 1 heterocycles. The Labute approximate surface area is 232 Å². The fourth-order valence-electron chi connectivity index (χ4n) is 7.24. The number of aromatic nitrogens is 1. The topological polar surface area (TPSA) is 96.4 Å². The van der Waals surface area contributed by atoms with Crippen LogP contribution in [0.2, 0.25) is 0 Å². The van der Waals surface area contributed by atoms with Crippen LogP contribution in [0.25, 0.3) is 10.2 Å². The van der Waals surface area contributed by atoms with Gasteiger partial charge >= 0.3 is 0 Å². The van der Waals surface area contributed by atoms with Gasteiger partial charge in [0, 0.05) is 23.4 Å². The summed E-state index contributed by atoms with van der Waals surface area (Å²) in [7, 11) is 0. The maximum Gasteiger partial charge on any atom is 0.221 e. The van der Waals surface area contributed by atoms with Crippen molar-refractivity contribution in [3.05, 3.63) is 42.0 Å². The quantitative estimate of drug-likeness (QED) is 0.389. The van der Waals surface area contributed by atoms with Crippen molar-refractivity contribution in [1.29, 1.82) is 0 Å². The first-order valence-corrected chi connectivity index (χ1v) is 15.3. The number of aliphatic hydroxyl groups is 1. The average molecular weight is 553 g/mol. The molecule has 2 aromatic rings. The number of nitrogens with one attached hydrogen (secondary N) is 1. The number of thiazole rings is 1. The first-order chi connectivity index (χ1) is 18.0. The van der Waals surface area contributed by atoms with E-state index in [2.05, 4.69) is 30.2 Å². The second-order valence-corrected chi connectivity index (χ2v) is 13.9. The number of hydrogen-bond donors (Lipinski definition) is 2. The van der Waals surface area contributed by atoms with Gasteiger partial charge in [0.05, 0.1) is 16.0 Å². The minimum Gasteiger partial charge on any atom is -0.381 e. The lowest BCUT2D eigenvalue weighted by molar-refractivity contribution is -0.161. The van der Waals surface area contributed by atoms with E-state index in [0.717, 1.165) is 52.3 Å². The number of hydrogen-bond acceptors (Lipinski definition) is 7. The predicted octanol–water partition coefficient (Wildman–Crippen LogP) is 6.35. The maximum atomic E-state index is 13.7. The van der Waals surface area contributed by atoms with Gasteiger partial charge in [-0.25, -0.2) is 4.98 Å². The van der Waals surface area contributed by atoms with Crippen LogP contribution in [0.15, 0.2) is 46.3 Å². The smallest absolute Gasteiger partial charge is 0.221 e. The van der Waals surface area contributed by atoms with Crippen molar-refractivity contribution in [3.63, 3.8) is 0 Å². The van der Waals surface area contributed by atoms with Crippen LogP contribution in [0.1, 0.15) is 66.2 Å². The van der Waals surface area contributed by atoms with E-state index in [0.29, 0.717) is 18.3 Å². The summed E-state index contributed by atoms with van der Waals surface area (Å²) in [5.74, 6) is 0.836. The highest BCUT2D eigenvalue weighted by atomic mass is 32.2. The van der Waals surface area contributed by atoms with Gasteiger partial charge < -0.3 is 10.4 Å². The fourth-order valence-corrected chi connectivity index (χ4v) is 9.31. The summed E-state index contributed by atoms with van der Waals surface area (Å²) >= 11 is 2.87. The number of nitrogens with zero attached hydrogens (tertiary/aromatic N) is 1. The molecule has 38 heavy (non-hydrogen) atoms. The van der Waals surface area contributed by atoms with E-state index in [4.69, 9.17) is 0 Å². The number of carbonyl (C=O) groups excluding carboxylic acids is 3. The molecule has 1 aromatic heterocycles. The standard InChI is InChI=1S/C30H36N2O4S2/c1-5-30(36,26(35)17-37-27-32-24-9-8-21(31-18(2)33)15-25(24)38-27)28(3)12-11-23-19(16-28)6-7-20-14-22(34)10-13-29(20,23)4/h8-10,13-15,19,23,36H,5-7,11-12,16-17H2,1-4H3,(H,31,33)/t19?,23?,28?,29?,30-/m0/s1. The van der Waals surface area contributed by atoms with Crippen LogP contribution >= 0.6 is 23.1 Å². The van der Waals surface area contributed by atoms with E-state index in [-0.39, 0.29) is 28.6 Å². The molecule has 3 aliphatic carbocycles. The molecule has 0 saturated heterocycles. The van der Waals surface area contributed by atoms with Crippen molar-refractivity contribution in [2.75, 3.05) is 11.1 Å². The molecule has 1 amide bonds. The van der Waals surface area contributed by atoms with Crippen molar-refractivity contribution in [2.45, 2.75) is 76.2 Å². The normalized spacial score (nSPS) is 30.2. The molecule has 0 radical (unpaired) electrons. The third-order valence-corrected chi connectivity index (χ3v) is 11.6. The first-order valence-electron chi connectivity index (χ1n) is 13.5. The highest BCUT2D eigenvalue weighted by molar-refractivity contribution is 8.01. The van der Waals surface area contributed by atoms with Gasteiger partial charge in [0.25, 0.3) is 0 Å². The molecule has 1 aromatic carbocycles. The second kappa shape index (κ2) is 10.0. The monoisotopic (exact) mass is 552 g/mol. The zero-order valence-electron chi connectivity index (χ0n) is 22.5. The Bertz CT molecular complexity index is 1360. The molecule has 0 aliphatic heterocycles. The number of allylic oxidation sites excluding steroid dienone is 4. The summed E-state index contributed by atoms with van der Waals surface area (Å²) < 4.78 is 1.72. The number of Topliss-reactive ketones (excluding diaryl/α,β-unsaturated/α-hetero) is 1. The number of carbonyl (C=O) groups is 3. The Balaban J connectivity index is 1.29. The highest BCUT2D eigenvalue weighted by Gasteiger charge is 2.57. The number of amides is 1. The van der Waals surface area contributed by atoms with Gasteiger partial charge in [-0.3, -0.25) is 14.4 Å². The number of anilines is 1. The van der Waals surface area contributed by atoms with Gasteiger partial charge in [0.2, 0.25) is 5.91 Å². The second-order valence-electron chi connectivity index (χ2n) is 11.7. The predicted molar refractivity (Wildman–Crippen MR) is 153 cm³/mol. The van der Waals surface area contributed by atoms with Gasteiger partial charge in [-0.05, 0) is 80.7 Å². The third-order valence-electron chi connectivity index (χ3n) is 9.43. The zero-order chi connectivity index (χ0) is 27.3. The molecule has 202 valence electrons. The van der Waals surface area contributed by atoms with Crippen LogP contribution in [-0.2, 0) is 14.4 Å². The van der Waals surface area contributed by atoms with Crippen molar-refractivity contribution in [3.8, 4) is 0 Å². The molecule has 5 rings (SSSR count). The molecule has 0 bridgehead atoms. The third kappa shape index (κ3) is 4.69. The Morgan fingerprint density at radius 3 is 2.82 bits per heavy atom. The van der Waals surface area contributed by atoms with Crippen LogP contribution in [0.3, 0.4) is 0 Å². The lowest BCUT2D eigenvalue weighted by atomic mass is 9.48. The van der Waals surface area contributed by atoms with Gasteiger partial charge in [-0.2, -0.15) is 0 Å². The van der Waals surface area contributed by atoms with Crippen molar-refractivity contribution in [1.82, 2.24) is 4.98 Å². The molecule has 0 spiro atoms. The van der Waals surface area contributed by atoms with Crippen LogP contribution < -0.4 is 5.32 Å². The minimum absolute atomic E-state index is 0.0846. The van der Waals surface area contributed by atoms with Gasteiger partial charge in [0.15, 0.2) is 15.9 Å². The molecule has 2 N–H and O–H groups in total. The summed E-state index contributed by atoms with van der Waals surface area (Å²) in [6.07, 6.45) is 10.5. The first kappa shape index (κ1) is 27.3. The van der Waals surface area contributed by atoms with E-state index >= 15 is 0 Å². The fraction of sp³-hybridized carbons (Fsp3) is 0.533. The van der Waals surface area contributed by atoms with Crippen LogP contribution in [-0.4, -0.2) is 38.9 Å². The van der Waals surface area contributed by atoms with E-state index in [1.54, 1.807) is 6.08 Å². The summed E-state index contributed by atoms with van der Waals surface area (Å²) in [5.41, 5.74) is 0.804. The summed E-state index contributed by atoms with van der Waals surface area (Å²) in [6, 6.07) is 5.58. The number of fused-ring (bicyclic) bond motifs is 4. The Morgan fingerprint density at radius 2 is 2.08 bits per heavy atom. The number of thioether (sulfide) groups is 1. The number of ketones is 2. The minimum atomic E-state index is -1.39. The average Bonchev–Trinajstić information content (AvgIpc) is 3.28. The molecule has 4 unspecified atom stereocenters. The molecule has 2 saturated carbocycles. The van der Waals surface area contributed by atoms with Gasteiger partial charge in [0.1, 0.15) is 5.60 Å². The lowest BCUT2D eigenvalue weighted by Crippen LogP contribution is -2.57. The number of rotatable bonds is 7. The van der Waals surface area contributed by atoms with Crippen LogP contribution in [0.4, 0.5) is 5.69 Å². The largest absolute Gasteiger partial charge is 0.381 e.